The fourth-order valence-corrected chi connectivity index (χ4v) is 2.93. The second-order valence-electron chi connectivity index (χ2n) is 6.58. The Kier molecular flexibility index (Phi) is 10.1. The van der Waals surface area contributed by atoms with E-state index in [1.54, 1.807) is 18.2 Å². The number of hydrogen-bond donors (Lipinski definition) is 2. The minimum atomic E-state index is -1.05. The van der Waals surface area contributed by atoms with Gasteiger partial charge in [0.05, 0.1) is 29.5 Å². The SMILES string of the molecule is C\C=C/C=C\C(C)=N\N(N)c1cc(Cl)ccc1OCCCOc1ccc(C(=O)O)cc1Cl. The maximum absolute atomic E-state index is 11.0. The number of aromatic carboxylic acids is 1. The molecule has 0 amide bonds. The highest BCUT2D eigenvalue weighted by atomic mass is 35.5. The third kappa shape index (κ3) is 7.92. The molecule has 0 fully saturated rings. The van der Waals surface area contributed by atoms with Crippen LogP contribution >= 0.6 is 23.2 Å². The summed E-state index contributed by atoms with van der Waals surface area (Å²) in [6.07, 6.45) is 8.05. The van der Waals surface area contributed by atoms with Crippen molar-refractivity contribution in [1.29, 1.82) is 0 Å². The van der Waals surface area contributed by atoms with Crippen molar-refractivity contribution in [3.63, 3.8) is 0 Å². The zero-order valence-corrected chi connectivity index (χ0v) is 19.3. The fraction of sp³-hybridized carbons (Fsp3) is 0.217. The van der Waals surface area contributed by atoms with Crippen molar-refractivity contribution in [2.75, 3.05) is 18.3 Å². The lowest BCUT2D eigenvalue weighted by Crippen LogP contribution is -2.26. The van der Waals surface area contributed by atoms with E-state index in [1.165, 1.54) is 23.3 Å². The van der Waals surface area contributed by atoms with Crippen LogP contribution in [0, 0.1) is 0 Å². The van der Waals surface area contributed by atoms with Crippen molar-refractivity contribution in [2.24, 2.45) is 10.9 Å². The van der Waals surface area contributed by atoms with E-state index in [2.05, 4.69) is 5.10 Å². The smallest absolute Gasteiger partial charge is 0.335 e. The van der Waals surface area contributed by atoms with Gasteiger partial charge in [0.25, 0.3) is 0 Å². The number of rotatable bonds is 11. The number of benzene rings is 2. The molecular formula is C23H25Cl2N3O4. The van der Waals surface area contributed by atoms with E-state index in [0.717, 1.165) is 0 Å². The largest absolute Gasteiger partial charge is 0.492 e. The van der Waals surface area contributed by atoms with E-state index in [9.17, 15) is 4.79 Å². The van der Waals surface area contributed by atoms with Gasteiger partial charge in [-0.05, 0) is 56.3 Å². The van der Waals surface area contributed by atoms with Gasteiger partial charge in [-0.25, -0.2) is 10.6 Å². The number of nitrogens with zero attached hydrogens (tertiary/aromatic N) is 2. The molecule has 0 spiro atoms. The molecular weight excluding hydrogens is 453 g/mol. The van der Waals surface area contributed by atoms with Crippen LogP contribution in [0.5, 0.6) is 11.5 Å². The number of carboxylic acids is 1. The lowest BCUT2D eigenvalue weighted by Gasteiger charge is -2.18. The Morgan fingerprint density at radius 2 is 1.81 bits per heavy atom. The third-order valence-electron chi connectivity index (χ3n) is 4.06. The molecule has 2 rings (SSSR count). The Bertz CT molecular complexity index is 1020. The molecule has 0 aliphatic rings. The highest BCUT2D eigenvalue weighted by Crippen LogP contribution is 2.31. The summed E-state index contributed by atoms with van der Waals surface area (Å²) in [6.45, 7) is 4.43. The second kappa shape index (κ2) is 12.8. The standard InChI is InChI=1S/C23H25Cl2N3O4/c1-3-4-5-7-16(2)27-28(26)20-15-18(24)9-11-22(20)32-13-6-12-31-21-10-8-17(23(29)30)14-19(21)25/h3-5,7-11,14-15H,6,12-13,26H2,1-2H3,(H,29,30)/b4-3-,7-5-,27-16+. The number of hydrazine groups is 1. The predicted molar refractivity (Wildman–Crippen MR) is 129 cm³/mol. The van der Waals surface area contributed by atoms with Gasteiger partial charge < -0.3 is 14.6 Å². The summed E-state index contributed by atoms with van der Waals surface area (Å²) in [6, 6.07) is 9.41. The molecule has 32 heavy (non-hydrogen) atoms. The molecule has 2 aromatic carbocycles. The van der Waals surface area contributed by atoms with E-state index < -0.39 is 5.97 Å². The first-order valence-electron chi connectivity index (χ1n) is 9.79. The van der Waals surface area contributed by atoms with Gasteiger partial charge in [0.2, 0.25) is 0 Å². The zero-order chi connectivity index (χ0) is 23.5. The number of carboxylic acid groups (broad SMARTS) is 1. The summed E-state index contributed by atoms with van der Waals surface area (Å²) in [7, 11) is 0. The van der Waals surface area contributed by atoms with Crippen LogP contribution in [0.1, 0.15) is 30.6 Å². The molecule has 170 valence electrons. The van der Waals surface area contributed by atoms with Gasteiger partial charge in [-0.2, -0.15) is 10.2 Å². The molecule has 0 aromatic heterocycles. The second-order valence-corrected chi connectivity index (χ2v) is 7.43. The van der Waals surface area contributed by atoms with E-state index in [-0.39, 0.29) is 10.6 Å². The summed E-state index contributed by atoms with van der Waals surface area (Å²) in [5.41, 5.74) is 1.32. The van der Waals surface area contributed by atoms with Crippen molar-refractivity contribution in [3.8, 4) is 11.5 Å². The highest BCUT2D eigenvalue weighted by Gasteiger charge is 2.11. The van der Waals surface area contributed by atoms with Gasteiger partial charge in [0.15, 0.2) is 0 Å². The van der Waals surface area contributed by atoms with Gasteiger partial charge in [-0.3, -0.25) is 0 Å². The van der Waals surface area contributed by atoms with Gasteiger partial charge in [0, 0.05) is 11.4 Å². The molecule has 3 N–H and O–H groups in total. The van der Waals surface area contributed by atoms with Crippen molar-refractivity contribution in [3.05, 3.63) is 76.3 Å². The summed E-state index contributed by atoms with van der Waals surface area (Å²) in [4.78, 5) is 11.0. The molecule has 0 unspecified atom stereocenters. The molecule has 2 aromatic rings. The van der Waals surface area contributed by atoms with Gasteiger partial charge >= 0.3 is 5.97 Å². The van der Waals surface area contributed by atoms with Gasteiger partial charge in [0.1, 0.15) is 17.2 Å². The van der Waals surface area contributed by atoms with E-state index in [4.69, 9.17) is 43.6 Å². The topological polar surface area (TPSA) is 97.4 Å². The lowest BCUT2D eigenvalue weighted by atomic mass is 10.2. The molecule has 0 aliphatic carbocycles. The van der Waals surface area contributed by atoms with Crippen LogP contribution in [0.2, 0.25) is 10.0 Å². The van der Waals surface area contributed by atoms with E-state index >= 15 is 0 Å². The minimum Gasteiger partial charge on any atom is -0.492 e. The molecule has 0 heterocycles. The number of hydrogen-bond acceptors (Lipinski definition) is 6. The Labute approximate surface area is 197 Å². The molecule has 0 radical (unpaired) electrons. The van der Waals surface area contributed by atoms with Crippen LogP contribution in [-0.4, -0.2) is 30.0 Å². The number of nitrogens with two attached hydrogens (primary N) is 1. The van der Waals surface area contributed by atoms with E-state index in [1.807, 2.05) is 38.2 Å². The molecule has 0 saturated carbocycles. The first-order chi connectivity index (χ1) is 15.3. The third-order valence-corrected chi connectivity index (χ3v) is 4.59. The van der Waals surface area contributed by atoms with Crippen LogP contribution < -0.4 is 20.4 Å². The van der Waals surface area contributed by atoms with Gasteiger partial charge in [-0.15, -0.1) is 0 Å². The van der Waals surface area contributed by atoms with Crippen LogP contribution in [-0.2, 0) is 0 Å². The normalized spacial score (nSPS) is 11.8. The first kappa shape index (κ1) is 25.3. The molecule has 9 heteroatoms. The molecule has 0 atom stereocenters. The summed E-state index contributed by atoms with van der Waals surface area (Å²) < 4.78 is 11.5. The van der Waals surface area contributed by atoms with Crippen LogP contribution in [0.4, 0.5) is 5.69 Å². The average molecular weight is 478 g/mol. The van der Waals surface area contributed by atoms with Gasteiger partial charge in [-0.1, -0.05) is 41.4 Å². The lowest BCUT2D eigenvalue weighted by molar-refractivity contribution is 0.0697. The number of halogens is 2. The Morgan fingerprint density at radius 1 is 1.12 bits per heavy atom. The average Bonchev–Trinajstić information content (AvgIpc) is 2.75. The Morgan fingerprint density at radius 3 is 2.47 bits per heavy atom. The summed E-state index contributed by atoms with van der Waals surface area (Å²) >= 11 is 12.2. The molecule has 0 saturated heterocycles. The fourth-order valence-electron chi connectivity index (χ4n) is 2.53. The molecule has 0 bridgehead atoms. The Hall–Kier alpha value is -3.00. The Balaban J connectivity index is 1.95. The summed E-state index contributed by atoms with van der Waals surface area (Å²) in [5, 5.41) is 15.3. The molecule has 7 nitrogen and oxygen atoms in total. The van der Waals surface area contributed by atoms with Crippen molar-refractivity contribution < 1.29 is 19.4 Å². The highest BCUT2D eigenvalue weighted by molar-refractivity contribution is 6.32. The monoisotopic (exact) mass is 477 g/mol. The zero-order valence-electron chi connectivity index (χ0n) is 17.8. The number of ether oxygens (including phenoxy) is 2. The maximum atomic E-state index is 11.0. The van der Waals surface area contributed by atoms with Crippen molar-refractivity contribution in [1.82, 2.24) is 0 Å². The quantitative estimate of drug-likeness (QED) is 0.141. The maximum Gasteiger partial charge on any atom is 0.335 e. The minimum absolute atomic E-state index is 0.0995. The number of anilines is 1. The molecule has 0 aliphatic heterocycles. The number of carbonyl (C=O) groups is 1. The van der Waals surface area contributed by atoms with Crippen molar-refractivity contribution >= 4 is 40.6 Å². The van der Waals surface area contributed by atoms with Crippen LogP contribution in [0.3, 0.4) is 0 Å². The summed E-state index contributed by atoms with van der Waals surface area (Å²) in [5.74, 6) is 5.99. The first-order valence-corrected chi connectivity index (χ1v) is 10.5. The van der Waals surface area contributed by atoms with Crippen LogP contribution in [0.25, 0.3) is 0 Å². The number of allylic oxidation sites excluding steroid dienone is 4. The number of hydrazone groups is 1. The predicted octanol–water partition coefficient (Wildman–Crippen LogP) is 5.73. The van der Waals surface area contributed by atoms with E-state index in [0.29, 0.717) is 47.6 Å². The van der Waals surface area contributed by atoms with Crippen molar-refractivity contribution in [2.45, 2.75) is 20.3 Å². The van der Waals surface area contributed by atoms with Crippen LogP contribution in [0.15, 0.2) is 65.8 Å².